The van der Waals surface area contributed by atoms with E-state index in [9.17, 15) is 4.79 Å². The van der Waals surface area contributed by atoms with Crippen LogP contribution in [0.5, 0.6) is 5.75 Å². The van der Waals surface area contributed by atoms with E-state index in [2.05, 4.69) is 15.3 Å². The second-order valence-electron chi connectivity index (χ2n) is 5.23. The first kappa shape index (κ1) is 16.4. The summed E-state index contributed by atoms with van der Waals surface area (Å²) in [6.07, 6.45) is 2.59. The summed E-state index contributed by atoms with van der Waals surface area (Å²) >= 11 is 1.37. The van der Waals surface area contributed by atoms with Gasteiger partial charge in [0.15, 0.2) is 0 Å². The van der Waals surface area contributed by atoms with Crippen LogP contribution in [0.3, 0.4) is 0 Å². The molecule has 0 spiro atoms. The van der Waals surface area contributed by atoms with Crippen molar-refractivity contribution in [2.24, 2.45) is 0 Å². The van der Waals surface area contributed by atoms with Crippen molar-refractivity contribution in [3.63, 3.8) is 0 Å². The van der Waals surface area contributed by atoms with Crippen LogP contribution in [-0.2, 0) is 6.61 Å². The maximum atomic E-state index is 12.2. The van der Waals surface area contributed by atoms with E-state index in [1.54, 1.807) is 6.20 Å². The first-order valence-electron chi connectivity index (χ1n) is 7.32. The van der Waals surface area contributed by atoms with E-state index in [0.29, 0.717) is 17.2 Å². The van der Waals surface area contributed by atoms with E-state index >= 15 is 0 Å². The SMILES string of the molecule is CCC(C)NC(=O)c1sc(COc2ccc(C)nc2)nc1C. The lowest BCUT2D eigenvalue weighted by Gasteiger charge is -2.10. The third-order valence-corrected chi connectivity index (χ3v) is 4.41. The molecule has 0 aromatic carbocycles. The first-order valence-corrected chi connectivity index (χ1v) is 8.13. The number of ether oxygens (including phenoxy) is 1. The fourth-order valence-corrected chi connectivity index (χ4v) is 2.68. The molecule has 0 saturated heterocycles. The standard InChI is InChI=1S/C16H21N3O2S/c1-5-10(2)18-16(20)15-12(4)19-14(22-15)9-21-13-7-6-11(3)17-8-13/h6-8,10H,5,9H2,1-4H3,(H,18,20). The third kappa shape index (κ3) is 4.27. The van der Waals surface area contributed by atoms with Crippen LogP contribution in [0.15, 0.2) is 18.3 Å². The minimum atomic E-state index is -0.0624. The summed E-state index contributed by atoms with van der Waals surface area (Å²) < 4.78 is 5.65. The first-order chi connectivity index (χ1) is 10.5. The Balaban J connectivity index is 2.00. The number of nitrogens with zero attached hydrogens (tertiary/aromatic N) is 2. The van der Waals surface area contributed by atoms with Crippen LogP contribution >= 0.6 is 11.3 Å². The lowest BCUT2D eigenvalue weighted by Crippen LogP contribution is -2.31. The number of hydrogen-bond acceptors (Lipinski definition) is 5. The fourth-order valence-electron chi connectivity index (χ4n) is 1.80. The summed E-state index contributed by atoms with van der Waals surface area (Å²) in [6, 6.07) is 3.93. The van der Waals surface area contributed by atoms with Crippen molar-refractivity contribution in [2.45, 2.75) is 46.8 Å². The normalized spacial score (nSPS) is 12.0. The molecule has 1 unspecified atom stereocenters. The molecule has 1 N–H and O–H groups in total. The molecule has 0 aliphatic rings. The lowest BCUT2D eigenvalue weighted by molar-refractivity contribution is 0.0942. The second kappa shape index (κ2) is 7.35. The van der Waals surface area contributed by atoms with E-state index in [1.165, 1.54) is 11.3 Å². The summed E-state index contributed by atoms with van der Waals surface area (Å²) in [5, 5.41) is 3.75. The van der Waals surface area contributed by atoms with E-state index in [0.717, 1.165) is 22.8 Å². The predicted octanol–water partition coefficient (Wildman–Crippen LogP) is 3.26. The third-order valence-electron chi connectivity index (χ3n) is 3.28. The van der Waals surface area contributed by atoms with Gasteiger partial charge in [-0.15, -0.1) is 11.3 Å². The second-order valence-corrected chi connectivity index (χ2v) is 6.31. The topological polar surface area (TPSA) is 64.1 Å². The quantitative estimate of drug-likeness (QED) is 0.887. The van der Waals surface area contributed by atoms with Gasteiger partial charge in [0.05, 0.1) is 11.9 Å². The fraction of sp³-hybridized carbons (Fsp3) is 0.438. The summed E-state index contributed by atoms with van der Waals surface area (Å²) in [5.74, 6) is 0.636. The van der Waals surface area contributed by atoms with Crippen LogP contribution in [0.25, 0.3) is 0 Å². The Hall–Kier alpha value is -1.95. The maximum Gasteiger partial charge on any atom is 0.263 e. The van der Waals surface area contributed by atoms with E-state index < -0.39 is 0 Å². The molecule has 0 bridgehead atoms. The van der Waals surface area contributed by atoms with Crippen molar-refractivity contribution in [1.29, 1.82) is 0 Å². The molecule has 118 valence electrons. The molecule has 0 saturated carbocycles. The summed E-state index contributed by atoms with van der Waals surface area (Å²) in [7, 11) is 0. The molecule has 22 heavy (non-hydrogen) atoms. The van der Waals surface area contributed by atoms with Crippen molar-refractivity contribution >= 4 is 17.2 Å². The van der Waals surface area contributed by atoms with Gasteiger partial charge in [-0.3, -0.25) is 9.78 Å². The zero-order valence-corrected chi connectivity index (χ0v) is 14.2. The van der Waals surface area contributed by atoms with Crippen LogP contribution in [0.4, 0.5) is 0 Å². The van der Waals surface area contributed by atoms with Crippen LogP contribution in [0.2, 0.25) is 0 Å². The van der Waals surface area contributed by atoms with Crippen LogP contribution in [0.1, 0.15) is 46.3 Å². The Morgan fingerprint density at radius 2 is 2.18 bits per heavy atom. The number of nitrogens with one attached hydrogen (secondary N) is 1. The Morgan fingerprint density at radius 1 is 1.41 bits per heavy atom. The van der Waals surface area contributed by atoms with Gasteiger partial charge in [-0.2, -0.15) is 0 Å². The summed E-state index contributed by atoms with van der Waals surface area (Å²) in [4.78, 5) is 21.4. The molecule has 0 fully saturated rings. The summed E-state index contributed by atoms with van der Waals surface area (Å²) in [6.45, 7) is 8.14. The minimum absolute atomic E-state index is 0.0624. The number of amides is 1. The number of aryl methyl sites for hydroxylation is 2. The molecule has 0 aliphatic heterocycles. The van der Waals surface area contributed by atoms with Crippen LogP contribution in [0, 0.1) is 13.8 Å². The molecule has 0 aliphatic carbocycles. The molecule has 2 aromatic rings. The highest BCUT2D eigenvalue weighted by Gasteiger charge is 2.16. The highest BCUT2D eigenvalue weighted by Crippen LogP contribution is 2.20. The van der Waals surface area contributed by atoms with Gasteiger partial charge in [0, 0.05) is 11.7 Å². The maximum absolute atomic E-state index is 12.2. The molecule has 6 heteroatoms. The molecule has 5 nitrogen and oxygen atoms in total. The molecule has 2 rings (SSSR count). The van der Waals surface area contributed by atoms with Crippen molar-refractivity contribution in [2.75, 3.05) is 0 Å². The van der Waals surface area contributed by atoms with Gasteiger partial charge in [-0.05, 0) is 39.3 Å². The monoisotopic (exact) mass is 319 g/mol. The number of aromatic nitrogens is 2. The van der Waals surface area contributed by atoms with Gasteiger partial charge >= 0.3 is 0 Å². The number of rotatable bonds is 6. The predicted molar refractivity (Wildman–Crippen MR) is 87.4 cm³/mol. The molecular weight excluding hydrogens is 298 g/mol. The highest BCUT2D eigenvalue weighted by atomic mass is 32.1. The number of carbonyl (C=O) groups is 1. The van der Waals surface area contributed by atoms with Crippen molar-refractivity contribution < 1.29 is 9.53 Å². The average molecular weight is 319 g/mol. The number of carbonyl (C=O) groups excluding carboxylic acids is 1. The van der Waals surface area contributed by atoms with Gasteiger partial charge in [-0.1, -0.05) is 6.92 Å². The van der Waals surface area contributed by atoms with E-state index in [4.69, 9.17) is 4.74 Å². The Kier molecular flexibility index (Phi) is 5.49. The minimum Gasteiger partial charge on any atom is -0.485 e. The largest absolute Gasteiger partial charge is 0.485 e. The van der Waals surface area contributed by atoms with Gasteiger partial charge in [0.2, 0.25) is 0 Å². The zero-order valence-electron chi connectivity index (χ0n) is 13.3. The van der Waals surface area contributed by atoms with Gasteiger partial charge < -0.3 is 10.1 Å². The molecule has 1 atom stereocenters. The average Bonchev–Trinajstić information content (AvgIpc) is 2.87. The van der Waals surface area contributed by atoms with Crippen molar-refractivity contribution in [3.8, 4) is 5.75 Å². The highest BCUT2D eigenvalue weighted by molar-refractivity contribution is 7.13. The Morgan fingerprint density at radius 3 is 2.82 bits per heavy atom. The molecule has 2 heterocycles. The molecule has 1 amide bonds. The van der Waals surface area contributed by atoms with Gasteiger partial charge in [-0.25, -0.2) is 4.98 Å². The molecular formula is C16H21N3O2S. The van der Waals surface area contributed by atoms with Crippen molar-refractivity contribution in [3.05, 3.63) is 39.6 Å². The molecule has 2 aromatic heterocycles. The number of thiazole rings is 1. The van der Waals surface area contributed by atoms with Gasteiger partial charge in [0.25, 0.3) is 5.91 Å². The van der Waals surface area contributed by atoms with E-state index in [-0.39, 0.29) is 11.9 Å². The number of hydrogen-bond donors (Lipinski definition) is 1. The van der Waals surface area contributed by atoms with E-state index in [1.807, 2.05) is 39.8 Å². The smallest absolute Gasteiger partial charge is 0.263 e. The summed E-state index contributed by atoms with van der Waals surface area (Å²) in [5.41, 5.74) is 1.69. The Bertz CT molecular complexity index is 637. The van der Waals surface area contributed by atoms with Crippen molar-refractivity contribution in [1.82, 2.24) is 15.3 Å². The molecule has 0 radical (unpaired) electrons. The van der Waals surface area contributed by atoms with Crippen LogP contribution < -0.4 is 10.1 Å². The number of pyridine rings is 1. The lowest BCUT2D eigenvalue weighted by atomic mass is 10.2. The van der Waals surface area contributed by atoms with Gasteiger partial charge in [0.1, 0.15) is 22.2 Å². The Labute approximate surface area is 134 Å². The van der Waals surface area contributed by atoms with Crippen LogP contribution in [-0.4, -0.2) is 21.9 Å². The zero-order chi connectivity index (χ0) is 16.1.